The average molecular weight is 316 g/mol. The molecule has 0 radical (unpaired) electrons. The molecule has 2 aromatic carbocycles. The minimum Gasteiger partial charge on any atom is -0.117 e. The Hall–Kier alpha value is -0.340. The molecule has 0 saturated heterocycles. The number of alkyl halides is 1. The first-order valence-corrected chi connectivity index (χ1v) is 7.55. The van der Waals surface area contributed by atoms with Crippen molar-refractivity contribution in [3.8, 4) is 0 Å². The monoisotopic (exact) mass is 314 g/mol. The Kier molecular flexibility index (Phi) is 3.50. The van der Waals surface area contributed by atoms with Crippen LogP contribution in [0.25, 0.3) is 0 Å². The minimum absolute atomic E-state index is 0.0640. The van der Waals surface area contributed by atoms with Crippen LogP contribution in [0.5, 0.6) is 0 Å². The van der Waals surface area contributed by atoms with Gasteiger partial charge in [-0.2, -0.15) is 0 Å². The molecule has 0 nitrogen and oxygen atoms in total. The number of hydrogen-bond donors (Lipinski definition) is 0. The molecule has 0 spiro atoms. The molecule has 1 unspecified atom stereocenters. The molecule has 1 atom stereocenters. The van der Waals surface area contributed by atoms with E-state index in [0.717, 1.165) is 16.9 Å². The molecule has 2 aromatic rings. The Bertz CT molecular complexity index is 610. The third-order valence-electron chi connectivity index (χ3n) is 2.98. The van der Waals surface area contributed by atoms with Gasteiger partial charge in [0.2, 0.25) is 0 Å². The Morgan fingerprint density at radius 2 is 1.72 bits per heavy atom. The molecule has 0 bridgehead atoms. The van der Waals surface area contributed by atoms with Crippen LogP contribution in [0.3, 0.4) is 0 Å². The maximum absolute atomic E-state index is 6.49. The first-order chi connectivity index (χ1) is 8.65. The lowest BCUT2D eigenvalue weighted by Crippen LogP contribution is -1.95. The van der Waals surface area contributed by atoms with Gasteiger partial charge in [0.25, 0.3) is 0 Å². The van der Waals surface area contributed by atoms with Gasteiger partial charge in [-0.25, -0.2) is 0 Å². The highest BCUT2D eigenvalue weighted by molar-refractivity contribution is 7.99. The van der Waals surface area contributed by atoms with Crippen molar-refractivity contribution in [2.75, 3.05) is 0 Å². The van der Waals surface area contributed by atoms with Gasteiger partial charge >= 0.3 is 0 Å². The lowest BCUT2D eigenvalue weighted by atomic mass is 10.0. The molecule has 0 fully saturated rings. The number of halogens is 3. The smallest absolute Gasteiger partial charge is 0.0637 e. The minimum atomic E-state index is -0.0640. The quantitative estimate of drug-likeness (QED) is 0.539. The van der Waals surface area contributed by atoms with E-state index in [1.807, 2.05) is 24.3 Å². The largest absolute Gasteiger partial charge is 0.117 e. The first kappa shape index (κ1) is 12.7. The zero-order valence-electron chi connectivity index (χ0n) is 9.29. The third-order valence-corrected chi connectivity index (χ3v) is 5.29. The summed E-state index contributed by atoms with van der Waals surface area (Å²) in [7, 11) is 0. The van der Waals surface area contributed by atoms with Crippen LogP contribution in [0, 0.1) is 0 Å². The molecule has 92 valence electrons. The van der Waals surface area contributed by atoms with Gasteiger partial charge in [-0.05, 0) is 35.7 Å². The fourth-order valence-electron chi connectivity index (χ4n) is 2.07. The summed E-state index contributed by atoms with van der Waals surface area (Å²) in [6.07, 6.45) is 0.815. The van der Waals surface area contributed by atoms with Gasteiger partial charge < -0.3 is 0 Å². The summed E-state index contributed by atoms with van der Waals surface area (Å²) in [6, 6.07) is 12.1. The van der Waals surface area contributed by atoms with Crippen molar-refractivity contribution in [3.63, 3.8) is 0 Å². The predicted octanol–water partition coefficient (Wildman–Crippen LogP) is 5.98. The maximum atomic E-state index is 6.49. The van der Waals surface area contributed by atoms with Gasteiger partial charge in [0.05, 0.1) is 15.4 Å². The standard InChI is InChI=1S/C14H9Cl3S/c15-10-5-8-3-1-2-4-13(8)18-14-7-12(17)11(16)6-9(10)14/h1-4,6-7,10H,5H2. The van der Waals surface area contributed by atoms with Gasteiger partial charge in [0, 0.05) is 9.79 Å². The van der Waals surface area contributed by atoms with E-state index in [1.165, 1.54) is 10.5 Å². The molecular weight excluding hydrogens is 307 g/mol. The van der Waals surface area contributed by atoms with Crippen LogP contribution in [0.2, 0.25) is 10.0 Å². The van der Waals surface area contributed by atoms with Crippen molar-refractivity contribution in [2.45, 2.75) is 21.6 Å². The molecule has 0 N–H and O–H groups in total. The van der Waals surface area contributed by atoms with E-state index < -0.39 is 0 Å². The van der Waals surface area contributed by atoms with E-state index in [0.29, 0.717) is 10.0 Å². The Labute approximate surface area is 125 Å². The van der Waals surface area contributed by atoms with Crippen molar-refractivity contribution in [2.24, 2.45) is 0 Å². The van der Waals surface area contributed by atoms with Gasteiger partial charge in [-0.3, -0.25) is 0 Å². The van der Waals surface area contributed by atoms with Gasteiger partial charge in [0.1, 0.15) is 0 Å². The number of hydrogen-bond acceptors (Lipinski definition) is 1. The SMILES string of the molecule is Clc1cc2c(cc1Cl)C(Cl)Cc1ccccc1S2. The molecule has 1 heterocycles. The summed E-state index contributed by atoms with van der Waals surface area (Å²) < 4.78 is 0. The van der Waals surface area contributed by atoms with Gasteiger partial charge in [-0.15, -0.1) is 11.6 Å². The number of rotatable bonds is 0. The summed E-state index contributed by atoms with van der Waals surface area (Å²) in [5.41, 5.74) is 2.33. The van der Waals surface area contributed by atoms with E-state index in [1.54, 1.807) is 11.8 Å². The fraction of sp³-hybridized carbons (Fsp3) is 0.143. The van der Waals surface area contributed by atoms with Gasteiger partial charge in [0.15, 0.2) is 0 Å². The molecule has 0 saturated carbocycles. The molecule has 18 heavy (non-hydrogen) atoms. The Balaban J connectivity index is 2.16. The number of fused-ring (bicyclic) bond motifs is 2. The summed E-state index contributed by atoms with van der Waals surface area (Å²) in [5, 5.41) is 1.07. The van der Waals surface area contributed by atoms with Crippen molar-refractivity contribution < 1.29 is 0 Å². The van der Waals surface area contributed by atoms with Crippen LogP contribution in [0.15, 0.2) is 46.2 Å². The summed E-state index contributed by atoms with van der Waals surface area (Å²) in [6.45, 7) is 0. The predicted molar refractivity (Wildman–Crippen MR) is 79.3 cm³/mol. The molecule has 3 rings (SSSR count). The van der Waals surface area contributed by atoms with E-state index in [9.17, 15) is 0 Å². The van der Waals surface area contributed by atoms with Crippen molar-refractivity contribution >= 4 is 46.6 Å². The molecular formula is C14H9Cl3S. The Morgan fingerprint density at radius 1 is 1.00 bits per heavy atom. The van der Waals surface area contributed by atoms with Gasteiger partial charge in [-0.1, -0.05) is 53.2 Å². The van der Waals surface area contributed by atoms with Crippen LogP contribution in [-0.2, 0) is 6.42 Å². The second kappa shape index (κ2) is 4.97. The highest BCUT2D eigenvalue weighted by atomic mass is 35.5. The molecule has 0 aromatic heterocycles. The number of benzene rings is 2. The highest BCUT2D eigenvalue weighted by Gasteiger charge is 2.22. The summed E-state index contributed by atoms with van der Waals surface area (Å²) in [4.78, 5) is 2.33. The van der Waals surface area contributed by atoms with Crippen molar-refractivity contribution in [3.05, 3.63) is 57.6 Å². The normalized spacial score (nSPS) is 17.8. The van der Waals surface area contributed by atoms with Crippen LogP contribution < -0.4 is 0 Å². The maximum Gasteiger partial charge on any atom is 0.0637 e. The molecule has 1 aliphatic heterocycles. The fourth-order valence-corrected chi connectivity index (χ4v) is 4.04. The van der Waals surface area contributed by atoms with Crippen LogP contribution >= 0.6 is 46.6 Å². The summed E-state index contributed by atoms with van der Waals surface area (Å²) in [5.74, 6) is 0. The van der Waals surface area contributed by atoms with E-state index in [2.05, 4.69) is 12.1 Å². The first-order valence-electron chi connectivity index (χ1n) is 5.54. The third kappa shape index (κ3) is 2.25. The lowest BCUT2D eigenvalue weighted by Gasteiger charge is -2.11. The van der Waals surface area contributed by atoms with Crippen LogP contribution in [-0.4, -0.2) is 0 Å². The molecule has 4 heteroatoms. The molecule has 0 aliphatic carbocycles. The molecule has 1 aliphatic rings. The zero-order valence-corrected chi connectivity index (χ0v) is 12.4. The van der Waals surface area contributed by atoms with E-state index >= 15 is 0 Å². The highest BCUT2D eigenvalue weighted by Crippen LogP contribution is 2.45. The average Bonchev–Trinajstić information content (AvgIpc) is 2.47. The summed E-state index contributed by atoms with van der Waals surface area (Å²) >= 11 is 20.4. The molecule has 0 amide bonds. The van der Waals surface area contributed by atoms with Crippen LogP contribution in [0.1, 0.15) is 16.5 Å². The van der Waals surface area contributed by atoms with Crippen molar-refractivity contribution in [1.29, 1.82) is 0 Å². The van der Waals surface area contributed by atoms with E-state index in [4.69, 9.17) is 34.8 Å². The van der Waals surface area contributed by atoms with Crippen LogP contribution in [0.4, 0.5) is 0 Å². The second-order valence-corrected chi connectivity index (χ2v) is 6.61. The Morgan fingerprint density at radius 3 is 2.56 bits per heavy atom. The second-order valence-electron chi connectivity index (χ2n) is 4.19. The zero-order chi connectivity index (χ0) is 12.7. The van der Waals surface area contributed by atoms with Crippen molar-refractivity contribution in [1.82, 2.24) is 0 Å². The topological polar surface area (TPSA) is 0 Å². The lowest BCUT2D eigenvalue weighted by molar-refractivity contribution is 0.891. The van der Waals surface area contributed by atoms with E-state index in [-0.39, 0.29) is 5.38 Å².